The minimum absolute atomic E-state index is 0. The zero-order valence-corrected chi connectivity index (χ0v) is 20.2. The lowest BCUT2D eigenvalue weighted by Gasteiger charge is -2.12. The molecule has 0 radical (unpaired) electrons. The zero-order chi connectivity index (χ0) is 19.5. The number of aryl methyl sites for hydroxylation is 2. The molecular weight excluding hydrogens is 487 g/mol. The summed E-state index contributed by atoms with van der Waals surface area (Å²) in [4.78, 5) is 8.83. The predicted octanol–water partition coefficient (Wildman–Crippen LogP) is 4.03. The van der Waals surface area contributed by atoms with Gasteiger partial charge in [-0.1, -0.05) is 13.0 Å². The molecule has 0 aliphatic rings. The first-order chi connectivity index (χ1) is 13.2. The number of ether oxygens (including phenoxy) is 2. The number of halogens is 1. The van der Waals surface area contributed by atoms with E-state index in [0.29, 0.717) is 13.2 Å². The molecule has 0 fully saturated rings. The molecule has 0 saturated carbocycles. The maximum Gasteiger partial charge on any atom is 0.191 e. The third kappa shape index (κ3) is 7.83. The monoisotopic (exact) mass is 518 g/mol. The highest BCUT2D eigenvalue weighted by molar-refractivity contribution is 14.0. The summed E-state index contributed by atoms with van der Waals surface area (Å²) < 4.78 is 11.0. The maximum atomic E-state index is 5.64. The van der Waals surface area contributed by atoms with Gasteiger partial charge in [0.2, 0.25) is 0 Å². The van der Waals surface area contributed by atoms with Crippen LogP contribution in [-0.4, -0.2) is 38.3 Å². The Morgan fingerprint density at radius 2 is 2.04 bits per heavy atom. The average Bonchev–Trinajstić information content (AvgIpc) is 3.16. The van der Waals surface area contributed by atoms with Crippen molar-refractivity contribution in [3.8, 4) is 11.5 Å². The smallest absolute Gasteiger partial charge is 0.191 e. The van der Waals surface area contributed by atoms with Crippen molar-refractivity contribution in [2.75, 3.05) is 27.3 Å². The number of nitrogens with zero attached hydrogens (tertiary/aromatic N) is 2. The third-order valence-electron chi connectivity index (χ3n) is 4.02. The van der Waals surface area contributed by atoms with E-state index in [1.807, 2.05) is 13.0 Å². The van der Waals surface area contributed by atoms with Crippen molar-refractivity contribution in [3.63, 3.8) is 0 Å². The van der Waals surface area contributed by atoms with E-state index in [9.17, 15) is 0 Å². The summed E-state index contributed by atoms with van der Waals surface area (Å²) in [6.45, 7) is 6.25. The normalized spacial score (nSPS) is 10.9. The van der Waals surface area contributed by atoms with Crippen molar-refractivity contribution in [2.24, 2.45) is 4.99 Å². The minimum Gasteiger partial charge on any atom is -0.493 e. The molecule has 2 rings (SSSR count). The van der Waals surface area contributed by atoms with Crippen molar-refractivity contribution in [1.82, 2.24) is 15.6 Å². The summed E-state index contributed by atoms with van der Waals surface area (Å²) in [6, 6.07) is 6.11. The standard InChI is InChI=1S/C20H30N4O2S.HI/c1-5-19-24-16(14-27-19)13-23-20(21-3)22-11-7-8-15-9-10-17(25-4)18(12-15)26-6-2;/h9-10,12,14H,5-8,11,13H2,1-4H3,(H2,21,22,23);1H. The Morgan fingerprint density at radius 3 is 2.68 bits per heavy atom. The molecule has 1 aromatic carbocycles. The fourth-order valence-corrected chi connectivity index (χ4v) is 3.38. The van der Waals surface area contributed by atoms with E-state index in [1.165, 1.54) is 10.6 Å². The van der Waals surface area contributed by atoms with Gasteiger partial charge in [-0.25, -0.2) is 4.98 Å². The van der Waals surface area contributed by atoms with Gasteiger partial charge in [0.15, 0.2) is 17.5 Å². The van der Waals surface area contributed by atoms with E-state index in [2.05, 4.69) is 45.0 Å². The summed E-state index contributed by atoms with van der Waals surface area (Å²) in [7, 11) is 3.44. The van der Waals surface area contributed by atoms with Gasteiger partial charge in [0.05, 0.1) is 31.0 Å². The van der Waals surface area contributed by atoms with Crippen LogP contribution in [-0.2, 0) is 19.4 Å². The molecule has 156 valence electrons. The summed E-state index contributed by atoms with van der Waals surface area (Å²) in [5, 5.41) is 9.92. The Kier molecular flexibility index (Phi) is 11.9. The Labute approximate surface area is 189 Å². The molecular formula is C20H31IN4O2S. The van der Waals surface area contributed by atoms with Crippen LogP contribution in [0.25, 0.3) is 0 Å². The second kappa shape index (κ2) is 13.6. The van der Waals surface area contributed by atoms with Gasteiger partial charge in [-0.2, -0.15) is 0 Å². The average molecular weight is 518 g/mol. The number of guanidine groups is 1. The number of hydrogen-bond acceptors (Lipinski definition) is 5. The fourth-order valence-electron chi connectivity index (χ4n) is 2.63. The molecule has 0 spiro atoms. The van der Waals surface area contributed by atoms with Gasteiger partial charge in [0, 0.05) is 19.0 Å². The molecule has 8 heteroatoms. The first kappa shape index (κ1) is 24.5. The van der Waals surface area contributed by atoms with E-state index in [4.69, 9.17) is 9.47 Å². The third-order valence-corrected chi connectivity index (χ3v) is 5.07. The van der Waals surface area contributed by atoms with Crippen molar-refractivity contribution in [3.05, 3.63) is 39.8 Å². The van der Waals surface area contributed by atoms with Gasteiger partial charge in [-0.05, 0) is 43.9 Å². The number of aromatic nitrogens is 1. The van der Waals surface area contributed by atoms with E-state index in [-0.39, 0.29) is 24.0 Å². The van der Waals surface area contributed by atoms with Crippen LogP contribution < -0.4 is 20.1 Å². The molecule has 6 nitrogen and oxygen atoms in total. The molecule has 0 unspecified atom stereocenters. The van der Waals surface area contributed by atoms with Gasteiger partial charge in [0.1, 0.15) is 0 Å². The Hall–Kier alpha value is -1.55. The number of benzene rings is 1. The van der Waals surface area contributed by atoms with E-state index in [1.54, 1.807) is 25.5 Å². The number of hydrogen-bond donors (Lipinski definition) is 2. The maximum absolute atomic E-state index is 5.64. The van der Waals surface area contributed by atoms with E-state index < -0.39 is 0 Å². The zero-order valence-electron chi connectivity index (χ0n) is 17.1. The van der Waals surface area contributed by atoms with Gasteiger partial charge in [-0.3, -0.25) is 4.99 Å². The van der Waals surface area contributed by atoms with Gasteiger partial charge in [-0.15, -0.1) is 35.3 Å². The Balaban J connectivity index is 0.00000392. The molecule has 1 heterocycles. The second-order valence-corrected chi connectivity index (χ2v) is 6.90. The molecule has 0 saturated heterocycles. The molecule has 0 amide bonds. The first-order valence-corrected chi connectivity index (χ1v) is 10.3. The predicted molar refractivity (Wildman–Crippen MR) is 128 cm³/mol. The topological polar surface area (TPSA) is 67.8 Å². The molecule has 28 heavy (non-hydrogen) atoms. The van der Waals surface area contributed by atoms with E-state index in [0.717, 1.165) is 49.0 Å². The fraction of sp³-hybridized carbons (Fsp3) is 0.500. The molecule has 2 aromatic rings. The van der Waals surface area contributed by atoms with Crippen molar-refractivity contribution < 1.29 is 9.47 Å². The number of rotatable bonds is 10. The van der Waals surface area contributed by atoms with Crippen molar-refractivity contribution in [2.45, 2.75) is 39.7 Å². The van der Waals surface area contributed by atoms with E-state index >= 15 is 0 Å². The summed E-state index contributed by atoms with van der Waals surface area (Å²) >= 11 is 1.70. The van der Waals surface area contributed by atoms with Crippen LogP contribution in [0.3, 0.4) is 0 Å². The molecule has 1 aromatic heterocycles. The lowest BCUT2D eigenvalue weighted by Crippen LogP contribution is -2.37. The highest BCUT2D eigenvalue weighted by Crippen LogP contribution is 2.28. The summed E-state index contributed by atoms with van der Waals surface area (Å²) in [6.07, 6.45) is 2.93. The second-order valence-electron chi connectivity index (χ2n) is 5.96. The van der Waals surface area contributed by atoms with Crippen LogP contribution in [0.15, 0.2) is 28.6 Å². The van der Waals surface area contributed by atoms with Crippen molar-refractivity contribution in [1.29, 1.82) is 0 Å². The molecule has 0 aliphatic heterocycles. The quantitative estimate of drug-likeness (QED) is 0.215. The highest BCUT2D eigenvalue weighted by Gasteiger charge is 2.06. The molecule has 0 aliphatic carbocycles. The Morgan fingerprint density at radius 1 is 1.21 bits per heavy atom. The van der Waals surface area contributed by atoms with Crippen LogP contribution in [0, 0.1) is 0 Å². The number of methoxy groups -OCH3 is 1. The van der Waals surface area contributed by atoms with Gasteiger partial charge >= 0.3 is 0 Å². The van der Waals surface area contributed by atoms with Crippen LogP contribution in [0.2, 0.25) is 0 Å². The van der Waals surface area contributed by atoms with Crippen molar-refractivity contribution >= 4 is 41.3 Å². The van der Waals surface area contributed by atoms with Crippen LogP contribution >= 0.6 is 35.3 Å². The molecule has 0 bridgehead atoms. The summed E-state index contributed by atoms with van der Waals surface area (Å²) in [5.41, 5.74) is 2.29. The first-order valence-electron chi connectivity index (χ1n) is 9.37. The highest BCUT2D eigenvalue weighted by atomic mass is 127. The van der Waals surface area contributed by atoms with Gasteiger partial charge < -0.3 is 20.1 Å². The van der Waals surface area contributed by atoms with Crippen LogP contribution in [0.5, 0.6) is 11.5 Å². The summed E-state index contributed by atoms with van der Waals surface area (Å²) in [5.74, 6) is 2.38. The molecule has 2 N–H and O–H groups in total. The molecule has 0 atom stereocenters. The lowest BCUT2D eigenvalue weighted by molar-refractivity contribution is 0.310. The SMILES string of the molecule is CCOc1cc(CCCNC(=NC)NCc2csc(CC)n2)ccc1OC.I. The number of thiazole rings is 1. The lowest BCUT2D eigenvalue weighted by atomic mass is 10.1. The minimum atomic E-state index is 0. The number of nitrogens with one attached hydrogen (secondary N) is 2. The van der Waals surface area contributed by atoms with Gasteiger partial charge in [0.25, 0.3) is 0 Å². The van der Waals surface area contributed by atoms with Crippen LogP contribution in [0.1, 0.15) is 36.5 Å². The Bertz CT molecular complexity index is 737. The number of aliphatic imine (C=N–C) groups is 1. The largest absolute Gasteiger partial charge is 0.493 e. The van der Waals surface area contributed by atoms with Crippen LogP contribution in [0.4, 0.5) is 0 Å².